The van der Waals surface area contributed by atoms with E-state index in [1.807, 2.05) is 6.82 Å². The second kappa shape index (κ2) is 13.4. The number of hydrogen-bond donors (Lipinski definition) is 0. The minimum atomic E-state index is 0. The second-order valence-corrected chi connectivity index (χ2v) is 8.97. The van der Waals surface area contributed by atoms with Gasteiger partial charge in [0.15, 0.2) is 0 Å². The molecule has 0 aliphatic carbocycles. The molecule has 0 unspecified atom stereocenters. The van der Waals surface area contributed by atoms with Crippen molar-refractivity contribution in [2.75, 3.05) is 0 Å². The van der Waals surface area contributed by atoms with Crippen LogP contribution in [0.5, 0.6) is 0 Å². The van der Waals surface area contributed by atoms with Gasteiger partial charge in [-0.25, -0.2) is 0 Å². The Bertz CT molecular complexity index is 914. The number of aryl methyl sites for hydroxylation is 2. The molecule has 0 aliphatic rings. The van der Waals surface area contributed by atoms with Crippen LogP contribution in [-0.4, -0.2) is 4.37 Å². The third-order valence-electron chi connectivity index (χ3n) is 3.68. The minimum absolute atomic E-state index is 0. The molecule has 0 amide bonds. The molecule has 4 aromatic carbocycles. The quantitative estimate of drug-likeness (QED) is 0.211. The van der Waals surface area contributed by atoms with Crippen molar-refractivity contribution < 1.29 is 48.8 Å². The molecule has 0 fully saturated rings. The Morgan fingerprint density at radius 3 is 1.41 bits per heavy atom. The maximum Gasteiger partial charge on any atom is -0.0262 e. The molecule has 0 bridgehead atoms. The number of fused-ring (bicyclic) bond motifs is 2. The summed E-state index contributed by atoms with van der Waals surface area (Å²) in [5, 5.41) is 5.25. The van der Waals surface area contributed by atoms with Crippen LogP contribution in [-0.2, 0) is 24.0 Å². The average molecular weight is 604 g/mol. The van der Waals surface area contributed by atoms with Gasteiger partial charge >= 0.3 is 35.2 Å². The summed E-state index contributed by atoms with van der Waals surface area (Å²) in [5.74, 6) is 0. The van der Waals surface area contributed by atoms with Crippen LogP contribution in [0.25, 0.3) is 21.5 Å². The minimum Gasteiger partial charge on any atom is -1.00 e. The second-order valence-electron chi connectivity index (χ2n) is 5.84. The van der Waals surface area contributed by atoms with Crippen molar-refractivity contribution in [3.63, 3.8) is 0 Å². The van der Waals surface area contributed by atoms with E-state index < -0.39 is 0 Å². The molecule has 6 heteroatoms. The largest absolute Gasteiger partial charge is 1.00 e. The summed E-state index contributed by atoms with van der Waals surface area (Å²) in [6, 6.07) is 21.3. The first-order valence-electron chi connectivity index (χ1n) is 8.04. The van der Waals surface area contributed by atoms with Crippen LogP contribution in [0.3, 0.4) is 0 Å². The standard InChI is InChI=1S/2C10H8Br.CH3B.2ClH.Zr/c2*1-7-5-8-3-2-4-10(11)9(8)6-7;1-2;;;/h2*2-6H,1H3;1H3;2*1H;/q2*-1;;;;+2/p-2. The molecule has 27 heavy (non-hydrogen) atoms. The Kier molecular flexibility index (Phi) is 13.5. The molecule has 0 radical (unpaired) electrons. The summed E-state index contributed by atoms with van der Waals surface area (Å²) in [6.45, 7) is 6.28. The van der Waals surface area contributed by atoms with Crippen molar-refractivity contribution in [3.8, 4) is 0 Å². The van der Waals surface area contributed by atoms with Gasteiger partial charge in [-0.3, -0.25) is 0 Å². The fourth-order valence-electron chi connectivity index (χ4n) is 2.69. The van der Waals surface area contributed by atoms with Gasteiger partial charge in [0.05, 0.1) is 0 Å². The molecule has 140 valence electrons. The van der Waals surface area contributed by atoms with E-state index in [9.17, 15) is 0 Å². The van der Waals surface area contributed by atoms with Crippen molar-refractivity contribution in [3.05, 3.63) is 80.7 Å². The molecule has 0 saturated carbocycles. The fourth-order valence-corrected chi connectivity index (χ4v) is 3.68. The van der Waals surface area contributed by atoms with Gasteiger partial charge in [0.25, 0.3) is 0 Å². The van der Waals surface area contributed by atoms with E-state index in [-0.39, 0.29) is 24.8 Å². The van der Waals surface area contributed by atoms with Crippen molar-refractivity contribution in [1.82, 2.24) is 0 Å². The predicted octanol–water partition coefficient (Wildman–Crippen LogP) is 1.47. The number of rotatable bonds is 0. The van der Waals surface area contributed by atoms with E-state index in [0.717, 1.165) is 0 Å². The van der Waals surface area contributed by atoms with Gasteiger partial charge in [-0.15, -0.1) is 69.1 Å². The van der Waals surface area contributed by atoms with Gasteiger partial charge in [-0.05, 0) is 8.95 Å². The van der Waals surface area contributed by atoms with Crippen LogP contribution in [0.4, 0.5) is 0 Å². The number of hydrogen-bond acceptors (Lipinski definition) is 0. The molecule has 0 aromatic heterocycles. The first kappa shape index (κ1) is 27.1. The van der Waals surface area contributed by atoms with Gasteiger partial charge in [-0.1, -0.05) is 57.8 Å². The van der Waals surface area contributed by atoms with Crippen molar-refractivity contribution in [2.24, 2.45) is 0 Å². The first-order valence-corrected chi connectivity index (χ1v) is 11.0. The average Bonchev–Trinajstić information content (AvgIpc) is 3.12. The summed E-state index contributed by atoms with van der Waals surface area (Å²) < 4.78 is 4.46. The number of benzene rings is 2. The Labute approximate surface area is 206 Å². The summed E-state index contributed by atoms with van der Waals surface area (Å²) in [4.78, 5) is 0. The molecule has 0 spiro atoms. The topological polar surface area (TPSA) is 0 Å². The molecule has 0 saturated heterocycles. The van der Waals surface area contributed by atoms with Crippen LogP contribution in [0.2, 0.25) is 6.82 Å². The Balaban J connectivity index is 0.000000412. The van der Waals surface area contributed by atoms with E-state index in [1.54, 1.807) is 0 Å². The first-order chi connectivity index (χ1) is 12.0. The van der Waals surface area contributed by atoms with Crippen LogP contribution >= 0.6 is 31.9 Å². The summed E-state index contributed by atoms with van der Waals surface area (Å²) in [6.07, 6.45) is 0. The molecule has 0 aliphatic heterocycles. The maximum atomic E-state index is 3.51. The van der Waals surface area contributed by atoms with Crippen LogP contribution in [0.15, 0.2) is 69.6 Å². The van der Waals surface area contributed by atoms with E-state index in [2.05, 4.69) is 111 Å². The van der Waals surface area contributed by atoms with Gasteiger partial charge in [-0.2, -0.15) is 12.1 Å². The fraction of sp³-hybridized carbons (Fsp3) is 0.143. The summed E-state index contributed by atoms with van der Waals surface area (Å²) in [5.41, 5.74) is 2.65. The van der Waals surface area contributed by atoms with Crippen molar-refractivity contribution in [2.45, 2.75) is 20.7 Å². The van der Waals surface area contributed by atoms with Crippen molar-refractivity contribution >= 4 is 57.8 Å². The molecule has 0 heterocycles. The Morgan fingerprint density at radius 1 is 0.778 bits per heavy atom. The molecule has 0 atom stereocenters. The van der Waals surface area contributed by atoms with Gasteiger partial charge in [0, 0.05) is 0 Å². The Morgan fingerprint density at radius 2 is 1.11 bits per heavy atom. The molecule has 0 N–H and O–H groups in total. The zero-order chi connectivity index (χ0) is 18.4. The van der Waals surface area contributed by atoms with E-state index in [0.29, 0.717) is 0 Å². The zero-order valence-corrected chi connectivity index (χ0v) is 22.5. The third kappa shape index (κ3) is 7.82. The Hall–Kier alpha value is 0.148. The van der Waals surface area contributed by atoms with Gasteiger partial charge in [0.2, 0.25) is 0 Å². The van der Waals surface area contributed by atoms with E-state index in [4.69, 9.17) is 0 Å². The van der Waals surface area contributed by atoms with Crippen molar-refractivity contribution in [1.29, 1.82) is 0 Å². The SMILES string of the molecule is C[B]=[Zr+2].Cc1cc2c(Br)cccc2[cH-]1.Cc1cc2c(Br)cccc2[cH-]1.[Cl-].[Cl-]. The monoisotopic (exact) mass is 600 g/mol. The smallest absolute Gasteiger partial charge is 0.0262 e. The van der Waals surface area contributed by atoms with Gasteiger partial charge in [0.1, 0.15) is 0 Å². The molecule has 4 aromatic rings. The maximum absolute atomic E-state index is 3.51. The number of halogens is 4. The summed E-state index contributed by atoms with van der Waals surface area (Å²) in [7, 11) is 0. The van der Waals surface area contributed by atoms with Crippen LogP contribution in [0.1, 0.15) is 11.1 Å². The van der Waals surface area contributed by atoms with Crippen LogP contribution in [0, 0.1) is 13.8 Å². The molecular weight excluding hydrogens is 585 g/mol. The molecule has 0 nitrogen and oxygen atoms in total. The van der Waals surface area contributed by atoms with Crippen LogP contribution < -0.4 is 24.8 Å². The summed E-state index contributed by atoms with van der Waals surface area (Å²) >= 11 is 8.53. The normalized spacial score (nSPS) is 9.15. The predicted molar refractivity (Wildman–Crippen MR) is 116 cm³/mol. The molecular formula is C21H19BBr2Cl2Zr-2. The van der Waals surface area contributed by atoms with E-state index in [1.165, 1.54) is 65.6 Å². The molecule has 4 rings (SSSR count). The third-order valence-corrected chi connectivity index (χ3v) is 5.07. The van der Waals surface area contributed by atoms with Gasteiger partial charge < -0.3 is 24.8 Å². The zero-order valence-electron chi connectivity index (χ0n) is 15.4. The van der Waals surface area contributed by atoms with E-state index >= 15 is 0 Å².